The molecule has 1 aromatic carbocycles. The third kappa shape index (κ3) is 3.45. The van der Waals surface area contributed by atoms with Gasteiger partial charge in [0.15, 0.2) is 0 Å². The molecule has 1 heterocycles. The van der Waals surface area contributed by atoms with Crippen molar-refractivity contribution in [3.8, 4) is 0 Å². The molecule has 0 radical (unpaired) electrons. The van der Waals surface area contributed by atoms with Crippen LogP contribution in [-0.2, 0) is 4.74 Å². The summed E-state index contributed by atoms with van der Waals surface area (Å²) in [7, 11) is 0. The highest BCUT2D eigenvalue weighted by Crippen LogP contribution is 2.29. The van der Waals surface area contributed by atoms with Crippen LogP contribution in [-0.4, -0.2) is 36.0 Å². The van der Waals surface area contributed by atoms with Gasteiger partial charge in [0, 0.05) is 24.9 Å². The summed E-state index contributed by atoms with van der Waals surface area (Å²) in [6.07, 6.45) is 6.14. The minimum absolute atomic E-state index is 0.410. The van der Waals surface area contributed by atoms with Crippen LogP contribution in [0.4, 0.5) is 11.4 Å². The molecule has 3 N–H and O–H groups in total. The van der Waals surface area contributed by atoms with Crippen molar-refractivity contribution in [3.63, 3.8) is 0 Å². The summed E-state index contributed by atoms with van der Waals surface area (Å²) >= 11 is 0. The Morgan fingerprint density at radius 3 is 2.56 bits per heavy atom. The number of hydrogen-bond acceptors (Lipinski definition) is 5. The molecule has 1 fully saturated rings. The van der Waals surface area contributed by atoms with Crippen molar-refractivity contribution in [2.45, 2.75) is 33.6 Å². The van der Waals surface area contributed by atoms with E-state index in [9.17, 15) is 0 Å². The van der Waals surface area contributed by atoms with Gasteiger partial charge in [0.25, 0.3) is 0 Å². The summed E-state index contributed by atoms with van der Waals surface area (Å²) < 4.78 is 5.62. The molecule has 1 aromatic rings. The van der Waals surface area contributed by atoms with E-state index in [4.69, 9.17) is 20.9 Å². The van der Waals surface area contributed by atoms with Crippen LogP contribution in [0.15, 0.2) is 40.7 Å². The second kappa shape index (κ2) is 7.13. The second-order valence-electron chi connectivity index (χ2n) is 6.50. The number of nitrogens with two attached hydrogens (primary N) is 1. The minimum Gasteiger partial charge on any atom is -0.492 e. The predicted octanol–water partition coefficient (Wildman–Crippen LogP) is 3.89. The van der Waals surface area contributed by atoms with Crippen molar-refractivity contribution in [1.29, 1.82) is 5.41 Å². The van der Waals surface area contributed by atoms with Gasteiger partial charge < -0.3 is 15.4 Å². The molecule has 0 aromatic heterocycles. The number of likely N-dealkylation sites (tertiary alicyclic amines) is 1. The molecule has 1 aliphatic heterocycles. The van der Waals surface area contributed by atoms with Crippen molar-refractivity contribution in [2.75, 3.05) is 25.4 Å². The zero-order chi connectivity index (χ0) is 18.0. The van der Waals surface area contributed by atoms with E-state index in [1.807, 2.05) is 45.1 Å². The van der Waals surface area contributed by atoms with E-state index in [1.165, 1.54) is 12.8 Å². The Hall–Kier alpha value is -2.56. The van der Waals surface area contributed by atoms with E-state index < -0.39 is 0 Å². The number of aliphatic imine (C=N–C) groups is 1. The fraction of sp³-hybridized carbons (Fsp3) is 0.400. The zero-order valence-corrected chi connectivity index (χ0v) is 15.2. The highest BCUT2D eigenvalue weighted by molar-refractivity contribution is 6.22. The zero-order valence-electron chi connectivity index (χ0n) is 15.2. The van der Waals surface area contributed by atoms with Crippen LogP contribution < -0.4 is 5.73 Å². The number of nitrogens with zero attached hydrogens (tertiary/aromatic N) is 2. The maximum Gasteiger partial charge on any atom is 0.146 e. The fourth-order valence-electron chi connectivity index (χ4n) is 3.21. The van der Waals surface area contributed by atoms with E-state index in [-0.39, 0.29) is 0 Å². The Morgan fingerprint density at radius 1 is 1.16 bits per heavy atom. The highest BCUT2D eigenvalue weighted by atomic mass is 16.5. The Kier molecular flexibility index (Phi) is 4.93. The number of ether oxygens (including phenoxy) is 1. The number of rotatable bonds is 4. The summed E-state index contributed by atoms with van der Waals surface area (Å²) in [6, 6.07) is 3.86. The smallest absolute Gasteiger partial charge is 0.146 e. The molecule has 1 aliphatic carbocycles. The standard InChI is InChI=1S/C20H26N4O/c1-4-25-20-12-18(19(11-16(20)22)24-9-5-6-10-24)23-17-8-7-15(21)13(2)14(17)3/h7-8,11-12,22H,4-6,9-10,21H2,1-3H3. The molecule has 3 rings (SSSR count). The summed E-state index contributed by atoms with van der Waals surface area (Å²) in [5, 5.41) is 8.25. The van der Waals surface area contributed by atoms with Gasteiger partial charge in [-0.3, -0.25) is 5.41 Å². The Balaban J connectivity index is 2.06. The number of nitrogens with one attached hydrogen (secondary N) is 1. The molecule has 2 aliphatic rings. The Morgan fingerprint density at radius 2 is 1.88 bits per heavy atom. The van der Waals surface area contributed by atoms with Crippen molar-refractivity contribution < 1.29 is 4.74 Å². The third-order valence-corrected chi connectivity index (χ3v) is 4.86. The molecule has 0 saturated carbocycles. The van der Waals surface area contributed by atoms with Gasteiger partial charge in [-0.25, -0.2) is 4.99 Å². The predicted molar refractivity (Wildman–Crippen MR) is 104 cm³/mol. The molecule has 0 amide bonds. The van der Waals surface area contributed by atoms with Crippen molar-refractivity contribution in [2.24, 2.45) is 4.99 Å². The molecule has 0 atom stereocenters. The number of hydrogen-bond donors (Lipinski definition) is 2. The van der Waals surface area contributed by atoms with Crippen LogP contribution in [0.5, 0.6) is 0 Å². The molecule has 0 spiro atoms. The van der Waals surface area contributed by atoms with Gasteiger partial charge in [-0.05, 0) is 62.9 Å². The monoisotopic (exact) mass is 338 g/mol. The van der Waals surface area contributed by atoms with Crippen LogP contribution in [0.2, 0.25) is 0 Å². The normalized spacial score (nSPS) is 19.2. The molecule has 0 unspecified atom stereocenters. The lowest BCUT2D eigenvalue weighted by Gasteiger charge is -2.25. The molecule has 5 heteroatoms. The number of nitrogen functional groups attached to an aromatic ring is 1. The van der Waals surface area contributed by atoms with Crippen LogP contribution in [0.3, 0.4) is 0 Å². The molecule has 25 heavy (non-hydrogen) atoms. The van der Waals surface area contributed by atoms with Crippen LogP contribution >= 0.6 is 0 Å². The van der Waals surface area contributed by atoms with Crippen molar-refractivity contribution in [3.05, 3.63) is 46.9 Å². The summed E-state index contributed by atoms with van der Waals surface area (Å²) in [5.74, 6) is 0.578. The average molecular weight is 338 g/mol. The Labute approximate surface area is 149 Å². The largest absolute Gasteiger partial charge is 0.492 e. The van der Waals surface area contributed by atoms with E-state index in [1.54, 1.807) is 0 Å². The van der Waals surface area contributed by atoms with Gasteiger partial charge in [0.2, 0.25) is 0 Å². The summed E-state index contributed by atoms with van der Waals surface area (Å²) in [5.41, 5.74) is 12.1. The molecule has 1 saturated heterocycles. The minimum atomic E-state index is 0.410. The van der Waals surface area contributed by atoms with E-state index in [2.05, 4.69) is 4.90 Å². The van der Waals surface area contributed by atoms with Gasteiger partial charge in [0.05, 0.1) is 29.4 Å². The van der Waals surface area contributed by atoms with E-state index in [0.29, 0.717) is 18.1 Å². The first-order chi connectivity index (χ1) is 12.0. The topological polar surface area (TPSA) is 74.7 Å². The number of benzene rings is 1. The first kappa shape index (κ1) is 17.3. The second-order valence-corrected chi connectivity index (χ2v) is 6.50. The lowest BCUT2D eigenvalue weighted by Crippen LogP contribution is -2.28. The van der Waals surface area contributed by atoms with Gasteiger partial charge in [0.1, 0.15) is 5.76 Å². The molecule has 0 bridgehead atoms. The molecule has 132 valence electrons. The van der Waals surface area contributed by atoms with Crippen LogP contribution in [0.25, 0.3) is 0 Å². The molecular weight excluding hydrogens is 312 g/mol. The van der Waals surface area contributed by atoms with Gasteiger partial charge in [-0.15, -0.1) is 0 Å². The first-order valence-electron chi connectivity index (χ1n) is 8.86. The number of anilines is 1. The maximum absolute atomic E-state index is 8.25. The van der Waals surface area contributed by atoms with Crippen molar-refractivity contribution in [1.82, 2.24) is 4.90 Å². The summed E-state index contributed by atoms with van der Waals surface area (Å²) in [4.78, 5) is 7.22. The van der Waals surface area contributed by atoms with E-state index in [0.717, 1.165) is 47.0 Å². The fourth-order valence-corrected chi connectivity index (χ4v) is 3.21. The lowest BCUT2D eigenvalue weighted by molar-refractivity contribution is 0.249. The summed E-state index contributed by atoms with van der Waals surface area (Å²) in [6.45, 7) is 8.55. The van der Waals surface area contributed by atoms with Crippen molar-refractivity contribution >= 4 is 22.8 Å². The average Bonchev–Trinajstić information content (AvgIpc) is 3.12. The maximum atomic E-state index is 8.25. The van der Waals surface area contributed by atoms with Crippen LogP contribution in [0, 0.1) is 19.3 Å². The van der Waals surface area contributed by atoms with Gasteiger partial charge in [-0.2, -0.15) is 0 Å². The molecular formula is C20H26N4O. The van der Waals surface area contributed by atoms with Gasteiger partial charge >= 0.3 is 0 Å². The highest BCUT2D eigenvalue weighted by Gasteiger charge is 2.24. The van der Waals surface area contributed by atoms with Crippen LogP contribution in [0.1, 0.15) is 30.9 Å². The van der Waals surface area contributed by atoms with E-state index >= 15 is 0 Å². The SMILES string of the molecule is CCOC1=CC(=Nc2ccc(N)c(C)c2C)C(N2CCCC2)=CC1=N. The quantitative estimate of drug-likeness (QED) is 0.646. The Bertz CT molecular complexity index is 783. The number of allylic oxidation sites excluding steroid dienone is 2. The molecule has 5 nitrogen and oxygen atoms in total. The third-order valence-electron chi connectivity index (χ3n) is 4.86. The first-order valence-corrected chi connectivity index (χ1v) is 8.86. The lowest BCUT2D eigenvalue weighted by atomic mass is 10.0. The van der Waals surface area contributed by atoms with Gasteiger partial charge in [-0.1, -0.05) is 0 Å².